The number of para-hydroxylation sites is 1. The van der Waals surface area contributed by atoms with Crippen LogP contribution in [0.25, 0.3) is 17.1 Å². The van der Waals surface area contributed by atoms with Crippen molar-refractivity contribution in [2.45, 2.75) is 0 Å². The first kappa shape index (κ1) is 6.06. The van der Waals surface area contributed by atoms with E-state index in [-0.39, 0.29) is 0 Å². The van der Waals surface area contributed by atoms with E-state index in [1.165, 1.54) is 16.6 Å². The van der Waals surface area contributed by atoms with Gasteiger partial charge in [-0.3, -0.25) is 0 Å². The molecule has 1 aromatic carbocycles. The van der Waals surface area contributed by atoms with Crippen molar-refractivity contribution in [1.29, 1.82) is 0 Å². The van der Waals surface area contributed by atoms with Crippen LogP contribution in [-0.4, -0.2) is 4.57 Å². The van der Waals surface area contributed by atoms with Crippen molar-refractivity contribution in [2.75, 3.05) is 0 Å². The van der Waals surface area contributed by atoms with Crippen molar-refractivity contribution in [3.05, 3.63) is 48.5 Å². The van der Waals surface area contributed by atoms with Crippen molar-refractivity contribution in [1.82, 2.24) is 4.57 Å². The molecule has 1 aromatic heterocycles. The molecule has 12 heavy (non-hydrogen) atoms. The van der Waals surface area contributed by atoms with Gasteiger partial charge in [0.15, 0.2) is 0 Å². The molecule has 0 aliphatic carbocycles. The molecule has 0 bridgehead atoms. The Balaban J connectivity index is 2.51. The minimum atomic E-state index is 1.27. The maximum absolute atomic E-state index is 2.20. The lowest BCUT2D eigenvalue weighted by Crippen LogP contribution is -1.83. The van der Waals surface area contributed by atoms with Crippen molar-refractivity contribution in [3.8, 4) is 0 Å². The lowest BCUT2D eigenvalue weighted by molar-refractivity contribution is 1.20. The molecular weight excluding hydrogens is 146 g/mol. The number of rotatable bonds is 0. The van der Waals surface area contributed by atoms with Crippen LogP contribution < -0.4 is 0 Å². The normalized spacial score (nSPS) is 14.0. The number of fused-ring (bicyclic) bond motifs is 3. The number of hydrogen-bond acceptors (Lipinski definition) is 0. The summed E-state index contributed by atoms with van der Waals surface area (Å²) >= 11 is 0. The monoisotopic (exact) mass is 154 g/mol. The Morgan fingerprint density at radius 1 is 1.08 bits per heavy atom. The van der Waals surface area contributed by atoms with Crippen molar-refractivity contribution in [2.24, 2.45) is 0 Å². The summed E-state index contributed by atoms with van der Waals surface area (Å²) in [6.45, 7) is 0. The van der Waals surface area contributed by atoms with Crippen LogP contribution in [0.15, 0.2) is 36.4 Å². The summed E-state index contributed by atoms with van der Waals surface area (Å²) in [7, 11) is 0. The van der Waals surface area contributed by atoms with Gasteiger partial charge in [0, 0.05) is 23.7 Å². The average molecular weight is 154 g/mol. The van der Waals surface area contributed by atoms with Gasteiger partial charge in [0.05, 0.1) is 5.52 Å². The predicted molar refractivity (Wildman–Crippen MR) is 50.7 cm³/mol. The molecule has 1 heteroatoms. The van der Waals surface area contributed by atoms with E-state index in [9.17, 15) is 0 Å². The van der Waals surface area contributed by atoms with Gasteiger partial charge < -0.3 is 4.57 Å². The highest BCUT2D eigenvalue weighted by atomic mass is 15.0. The smallest absolute Gasteiger partial charge is 0.0525 e. The Bertz CT molecular complexity index is 463. The second kappa shape index (κ2) is 2.01. The summed E-state index contributed by atoms with van der Waals surface area (Å²) in [5, 5.41) is 1.31. The number of nitrogens with zero attached hydrogens (tertiary/aromatic N) is 1. The van der Waals surface area contributed by atoms with Gasteiger partial charge in [-0.1, -0.05) is 24.3 Å². The maximum atomic E-state index is 2.20. The summed E-state index contributed by atoms with van der Waals surface area (Å²) in [4.78, 5) is 0. The molecule has 0 saturated carbocycles. The lowest BCUT2D eigenvalue weighted by atomic mass is 10.2. The largest absolute Gasteiger partial charge is 0.320 e. The standard InChI is InChI=1S/C11H8N/c1-2-6-11-9(4-1)8-10-5-3-7-12(10)11/h1-8H. The third kappa shape index (κ3) is 0.632. The molecule has 0 amide bonds. The highest BCUT2D eigenvalue weighted by Crippen LogP contribution is 2.24. The van der Waals surface area contributed by atoms with E-state index in [1.54, 1.807) is 0 Å². The van der Waals surface area contributed by atoms with Gasteiger partial charge in [0.2, 0.25) is 0 Å². The quantitative estimate of drug-likeness (QED) is 0.549. The van der Waals surface area contributed by atoms with Gasteiger partial charge in [0.1, 0.15) is 0 Å². The van der Waals surface area contributed by atoms with Crippen LogP contribution in [0.5, 0.6) is 0 Å². The summed E-state index contributed by atoms with van der Waals surface area (Å²) in [6, 6.07) is 10.6. The molecule has 0 unspecified atom stereocenters. The van der Waals surface area contributed by atoms with Crippen LogP contribution in [0.2, 0.25) is 0 Å². The molecule has 0 atom stereocenters. The third-order valence-electron chi connectivity index (χ3n) is 2.28. The molecule has 1 radical (unpaired) electrons. The van der Waals surface area contributed by atoms with Gasteiger partial charge >= 0.3 is 0 Å². The topological polar surface area (TPSA) is 4.93 Å². The molecule has 0 N–H and O–H groups in total. The summed E-state index contributed by atoms with van der Waals surface area (Å²) in [6.07, 6.45) is 6.29. The molecular formula is C11H8N. The van der Waals surface area contributed by atoms with Gasteiger partial charge in [-0.25, -0.2) is 0 Å². The van der Waals surface area contributed by atoms with Crippen LogP contribution in [0.3, 0.4) is 0 Å². The fourth-order valence-corrected chi connectivity index (χ4v) is 1.72. The molecule has 2 aromatic rings. The fourth-order valence-electron chi connectivity index (χ4n) is 1.72. The Morgan fingerprint density at radius 3 is 3.00 bits per heavy atom. The highest BCUT2D eigenvalue weighted by molar-refractivity contribution is 5.85. The summed E-state index contributed by atoms with van der Waals surface area (Å²) in [5.74, 6) is 0. The van der Waals surface area contributed by atoms with E-state index >= 15 is 0 Å². The molecule has 0 saturated heterocycles. The van der Waals surface area contributed by atoms with E-state index in [1.807, 2.05) is 0 Å². The van der Waals surface area contributed by atoms with E-state index in [4.69, 9.17) is 0 Å². The highest BCUT2D eigenvalue weighted by Gasteiger charge is 2.08. The fraction of sp³-hybridized carbons (Fsp3) is 0. The van der Waals surface area contributed by atoms with E-state index in [0.29, 0.717) is 0 Å². The van der Waals surface area contributed by atoms with Crippen molar-refractivity contribution >= 4 is 17.1 Å². The molecule has 0 fully saturated rings. The van der Waals surface area contributed by atoms with Gasteiger partial charge in [-0.05, 0) is 12.1 Å². The number of allylic oxidation sites excluding steroid dienone is 1. The SMILES string of the molecule is [CH]1C=Cn2c1cc1ccccc12. The van der Waals surface area contributed by atoms with Crippen LogP contribution in [0, 0.1) is 6.42 Å². The van der Waals surface area contributed by atoms with Crippen LogP contribution in [-0.2, 0) is 0 Å². The number of benzene rings is 1. The third-order valence-corrected chi connectivity index (χ3v) is 2.28. The van der Waals surface area contributed by atoms with Gasteiger partial charge in [-0.15, -0.1) is 0 Å². The van der Waals surface area contributed by atoms with Crippen LogP contribution >= 0.6 is 0 Å². The molecule has 1 aliphatic heterocycles. The van der Waals surface area contributed by atoms with E-state index < -0.39 is 0 Å². The maximum Gasteiger partial charge on any atom is 0.0525 e. The Hall–Kier alpha value is -1.50. The van der Waals surface area contributed by atoms with Crippen molar-refractivity contribution < 1.29 is 0 Å². The van der Waals surface area contributed by atoms with E-state index in [0.717, 1.165) is 0 Å². The molecule has 1 aliphatic rings. The zero-order chi connectivity index (χ0) is 7.97. The van der Waals surface area contributed by atoms with E-state index in [2.05, 4.69) is 53.6 Å². The zero-order valence-electron chi connectivity index (χ0n) is 6.57. The molecule has 2 heterocycles. The Labute approximate surface area is 70.9 Å². The van der Waals surface area contributed by atoms with Crippen LogP contribution in [0.4, 0.5) is 0 Å². The Kier molecular flexibility index (Phi) is 1.01. The second-order valence-corrected chi connectivity index (χ2v) is 3.01. The first-order valence-corrected chi connectivity index (χ1v) is 4.07. The number of aromatic nitrogens is 1. The molecule has 3 rings (SSSR count). The minimum absolute atomic E-state index is 1.27. The van der Waals surface area contributed by atoms with Gasteiger partial charge in [-0.2, -0.15) is 0 Å². The average Bonchev–Trinajstić information content (AvgIpc) is 2.62. The molecule has 1 nitrogen and oxygen atoms in total. The second-order valence-electron chi connectivity index (χ2n) is 3.01. The lowest BCUT2D eigenvalue weighted by Gasteiger charge is -1.95. The first-order valence-electron chi connectivity index (χ1n) is 4.07. The molecule has 57 valence electrons. The molecule has 0 spiro atoms. The summed E-state index contributed by atoms with van der Waals surface area (Å²) in [5.41, 5.74) is 2.56. The minimum Gasteiger partial charge on any atom is -0.320 e. The first-order chi connectivity index (χ1) is 5.95. The van der Waals surface area contributed by atoms with Crippen molar-refractivity contribution in [3.63, 3.8) is 0 Å². The van der Waals surface area contributed by atoms with Crippen LogP contribution in [0.1, 0.15) is 5.69 Å². The predicted octanol–water partition coefficient (Wildman–Crippen LogP) is 2.68. The summed E-state index contributed by atoms with van der Waals surface area (Å²) < 4.78 is 2.20. The van der Waals surface area contributed by atoms with Gasteiger partial charge in [0.25, 0.3) is 0 Å². The number of hydrogen-bond donors (Lipinski definition) is 0. The Morgan fingerprint density at radius 2 is 2.00 bits per heavy atom. The zero-order valence-corrected chi connectivity index (χ0v) is 6.57.